The van der Waals surface area contributed by atoms with Gasteiger partial charge in [0.1, 0.15) is 5.82 Å². The van der Waals surface area contributed by atoms with Crippen LogP contribution in [0.3, 0.4) is 0 Å². The Bertz CT molecular complexity index is 798. The van der Waals surface area contributed by atoms with Crippen molar-refractivity contribution in [3.05, 3.63) is 30.1 Å². The van der Waals surface area contributed by atoms with E-state index in [2.05, 4.69) is 25.8 Å². The number of hydrogen-bond acceptors (Lipinski definition) is 4. The van der Waals surface area contributed by atoms with E-state index < -0.39 is 0 Å². The van der Waals surface area contributed by atoms with Crippen LogP contribution in [0.4, 0.5) is 5.69 Å². The van der Waals surface area contributed by atoms with Crippen molar-refractivity contribution in [3.63, 3.8) is 0 Å². The Morgan fingerprint density at radius 1 is 1.15 bits per heavy atom. The number of anilines is 1. The second kappa shape index (κ2) is 6.50. The molecule has 3 aliphatic rings. The van der Waals surface area contributed by atoms with Crippen molar-refractivity contribution in [2.24, 2.45) is 5.92 Å². The Balaban J connectivity index is 1.27. The Morgan fingerprint density at radius 3 is 2.88 bits per heavy atom. The number of hydrogen-bond donors (Lipinski definition) is 3. The summed E-state index contributed by atoms with van der Waals surface area (Å²) in [5.74, 6) is 2.97. The first-order valence-corrected chi connectivity index (χ1v) is 9.86. The average Bonchev–Trinajstić information content (AvgIpc) is 3.23. The Kier molecular flexibility index (Phi) is 4.00. The number of rotatable bonds is 4. The van der Waals surface area contributed by atoms with Gasteiger partial charge in [0.05, 0.1) is 6.04 Å². The number of amides is 1. The fraction of sp³-hybridized carbons (Fsp3) is 0.550. The van der Waals surface area contributed by atoms with E-state index in [0.29, 0.717) is 23.7 Å². The highest BCUT2D eigenvalue weighted by atomic mass is 16.2. The van der Waals surface area contributed by atoms with Gasteiger partial charge in [0.15, 0.2) is 5.82 Å². The van der Waals surface area contributed by atoms with Gasteiger partial charge in [0, 0.05) is 23.2 Å². The fourth-order valence-corrected chi connectivity index (χ4v) is 4.43. The van der Waals surface area contributed by atoms with Gasteiger partial charge in [0.2, 0.25) is 5.91 Å². The largest absolute Gasteiger partial charge is 0.325 e. The molecule has 6 heteroatoms. The summed E-state index contributed by atoms with van der Waals surface area (Å²) < 4.78 is 0. The summed E-state index contributed by atoms with van der Waals surface area (Å²) >= 11 is 0. The topological polar surface area (TPSA) is 82.7 Å². The maximum atomic E-state index is 12.7. The van der Waals surface area contributed by atoms with E-state index in [1.165, 1.54) is 38.5 Å². The quantitative estimate of drug-likeness (QED) is 0.790. The zero-order valence-corrected chi connectivity index (χ0v) is 14.9. The summed E-state index contributed by atoms with van der Waals surface area (Å²) in [5.41, 5.74) is 1.74. The number of aromatic nitrogens is 3. The zero-order chi connectivity index (χ0) is 17.5. The summed E-state index contributed by atoms with van der Waals surface area (Å²) in [7, 11) is 0. The van der Waals surface area contributed by atoms with Gasteiger partial charge in [-0.1, -0.05) is 25.0 Å². The number of nitrogens with zero attached hydrogens (tertiary/aromatic N) is 2. The van der Waals surface area contributed by atoms with E-state index in [1.807, 2.05) is 24.3 Å². The Morgan fingerprint density at radius 2 is 2.04 bits per heavy atom. The molecule has 136 valence electrons. The zero-order valence-electron chi connectivity index (χ0n) is 14.9. The SMILES string of the molecule is O=C(Nc1cccc(-c2n[nH]c(C3CC3)n2)c1)C1CC2CCCCC2N1. The smallest absolute Gasteiger partial charge is 0.241 e. The monoisotopic (exact) mass is 351 g/mol. The summed E-state index contributed by atoms with van der Waals surface area (Å²) in [6, 6.07) is 8.27. The van der Waals surface area contributed by atoms with Crippen molar-refractivity contribution in [1.29, 1.82) is 0 Å². The van der Waals surface area contributed by atoms with Gasteiger partial charge in [0.25, 0.3) is 0 Å². The second-order valence-electron chi connectivity index (χ2n) is 7.99. The average molecular weight is 351 g/mol. The molecule has 2 saturated carbocycles. The highest BCUT2D eigenvalue weighted by Crippen LogP contribution is 2.38. The van der Waals surface area contributed by atoms with Gasteiger partial charge in [-0.25, -0.2) is 4.98 Å². The van der Waals surface area contributed by atoms with Crippen molar-refractivity contribution in [1.82, 2.24) is 20.5 Å². The summed E-state index contributed by atoms with van der Waals surface area (Å²) in [6.45, 7) is 0. The number of aromatic amines is 1. The normalized spacial score (nSPS) is 27.9. The van der Waals surface area contributed by atoms with Crippen LogP contribution in [0.25, 0.3) is 11.4 Å². The molecule has 0 spiro atoms. The van der Waals surface area contributed by atoms with Crippen LogP contribution in [-0.4, -0.2) is 33.2 Å². The molecule has 2 aliphatic carbocycles. The van der Waals surface area contributed by atoms with Crippen LogP contribution in [0, 0.1) is 5.92 Å². The van der Waals surface area contributed by atoms with Crippen LogP contribution < -0.4 is 10.6 Å². The minimum atomic E-state index is -0.0725. The first-order valence-electron chi connectivity index (χ1n) is 9.86. The molecule has 26 heavy (non-hydrogen) atoms. The molecule has 3 fully saturated rings. The van der Waals surface area contributed by atoms with Crippen LogP contribution >= 0.6 is 0 Å². The molecule has 1 saturated heterocycles. The molecule has 1 aliphatic heterocycles. The number of benzene rings is 1. The van der Waals surface area contributed by atoms with Gasteiger partial charge in [-0.15, -0.1) is 0 Å². The number of H-pyrrole nitrogens is 1. The molecule has 2 aromatic rings. The molecule has 6 nitrogen and oxygen atoms in total. The predicted octanol–water partition coefficient (Wildman–Crippen LogP) is 3.21. The van der Waals surface area contributed by atoms with Crippen LogP contribution in [0.5, 0.6) is 0 Å². The second-order valence-corrected chi connectivity index (χ2v) is 7.99. The first kappa shape index (κ1) is 16.0. The molecule has 5 rings (SSSR count). The minimum Gasteiger partial charge on any atom is -0.325 e. The maximum absolute atomic E-state index is 12.7. The molecule has 0 bridgehead atoms. The predicted molar refractivity (Wildman–Crippen MR) is 99.7 cm³/mol. The van der Waals surface area contributed by atoms with E-state index in [0.717, 1.165) is 23.5 Å². The third kappa shape index (κ3) is 3.14. The Hall–Kier alpha value is -2.21. The van der Waals surface area contributed by atoms with Crippen LogP contribution in [-0.2, 0) is 4.79 Å². The van der Waals surface area contributed by atoms with Crippen LogP contribution in [0.15, 0.2) is 24.3 Å². The molecule has 1 aromatic carbocycles. The summed E-state index contributed by atoms with van der Waals surface area (Å²) in [6.07, 6.45) is 8.40. The summed E-state index contributed by atoms with van der Waals surface area (Å²) in [5, 5.41) is 14.0. The molecule has 1 aromatic heterocycles. The molecule has 0 radical (unpaired) electrons. The molecule has 2 heterocycles. The highest BCUT2D eigenvalue weighted by molar-refractivity contribution is 5.95. The van der Waals surface area contributed by atoms with E-state index in [1.54, 1.807) is 0 Å². The van der Waals surface area contributed by atoms with Crippen molar-refractivity contribution in [2.75, 3.05) is 5.32 Å². The molecular weight excluding hydrogens is 326 g/mol. The van der Waals surface area contributed by atoms with Crippen molar-refractivity contribution >= 4 is 11.6 Å². The van der Waals surface area contributed by atoms with E-state index >= 15 is 0 Å². The molecule has 1 amide bonds. The standard InChI is InChI=1S/C20H25N5O/c26-20(17-11-13-4-1-2-7-16(13)22-17)21-15-6-3-5-14(10-15)19-23-18(24-25-19)12-8-9-12/h3,5-6,10,12-13,16-17,22H,1-2,4,7-9,11H2,(H,21,26)(H,23,24,25). The van der Waals surface area contributed by atoms with Gasteiger partial charge < -0.3 is 10.6 Å². The van der Waals surface area contributed by atoms with Gasteiger partial charge in [-0.3, -0.25) is 9.89 Å². The maximum Gasteiger partial charge on any atom is 0.241 e. The van der Waals surface area contributed by atoms with E-state index in [-0.39, 0.29) is 11.9 Å². The highest BCUT2D eigenvalue weighted by Gasteiger charge is 2.38. The summed E-state index contributed by atoms with van der Waals surface area (Å²) in [4.78, 5) is 17.3. The van der Waals surface area contributed by atoms with Gasteiger partial charge >= 0.3 is 0 Å². The fourth-order valence-electron chi connectivity index (χ4n) is 4.43. The van der Waals surface area contributed by atoms with Gasteiger partial charge in [-0.2, -0.15) is 5.10 Å². The van der Waals surface area contributed by atoms with Crippen LogP contribution in [0.2, 0.25) is 0 Å². The van der Waals surface area contributed by atoms with E-state index in [4.69, 9.17) is 0 Å². The molecular formula is C20H25N5O. The number of fused-ring (bicyclic) bond motifs is 1. The van der Waals surface area contributed by atoms with Crippen molar-refractivity contribution in [3.8, 4) is 11.4 Å². The van der Waals surface area contributed by atoms with Crippen molar-refractivity contribution < 1.29 is 4.79 Å². The third-order valence-electron chi connectivity index (χ3n) is 6.03. The lowest BCUT2D eigenvalue weighted by molar-refractivity contribution is -0.117. The third-order valence-corrected chi connectivity index (χ3v) is 6.03. The molecule has 3 atom stereocenters. The van der Waals surface area contributed by atoms with E-state index in [9.17, 15) is 4.79 Å². The number of carbonyl (C=O) groups is 1. The van der Waals surface area contributed by atoms with Gasteiger partial charge in [-0.05, 0) is 50.2 Å². The molecule has 3 unspecified atom stereocenters. The minimum absolute atomic E-state index is 0.0725. The molecule has 3 N–H and O–H groups in total. The van der Waals surface area contributed by atoms with Crippen LogP contribution in [0.1, 0.15) is 56.7 Å². The van der Waals surface area contributed by atoms with Crippen molar-refractivity contribution in [2.45, 2.75) is 62.9 Å². The lowest BCUT2D eigenvalue weighted by atomic mass is 9.85. The first-order chi connectivity index (χ1) is 12.8. The Labute approximate surface area is 153 Å². The lowest BCUT2D eigenvalue weighted by Gasteiger charge is -2.24. The number of nitrogens with one attached hydrogen (secondary N) is 3. The number of carbonyl (C=O) groups excluding carboxylic acids is 1. The lowest BCUT2D eigenvalue weighted by Crippen LogP contribution is -2.39.